The van der Waals surface area contributed by atoms with Crippen LogP contribution < -0.4 is 4.74 Å². The van der Waals surface area contributed by atoms with Gasteiger partial charge >= 0.3 is 6.09 Å². The van der Waals surface area contributed by atoms with Crippen LogP contribution in [0.5, 0.6) is 5.88 Å². The van der Waals surface area contributed by atoms with Gasteiger partial charge in [0, 0.05) is 18.9 Å². The van der Waals surface area contributed by atoms with Crippen LogP contribution in [0.4, 0.5) is 4.79 Å². The zero-order valence-electron chi connectivity index (χ0n) is 15.8. The maximum atomic E-state index is 12.8. The summed E-state index contributed by atoms with van der Waals surface area (Å²) in [5.74, 6) is 0.456. The molecule has 3 heterocycles. The van der Waals surface area contributed by atoms with E-state index in [9.17, 15) is 9.90 Å². The molecule has 148 valence electrons. The second-order valence-corrected chi connectivity index (χ2v) is 7.30. The van der Waals surface area contributed by atoms with Crippen LogP contribution in [0.3, 0.4) is 0 Å². The highest BCUT2D eigenvalue weighted by Gasteiger charge is 2.50. The molecule has 2 fully saturated rings. The Labute approximate surface area is 163 Å². The first-order valence-electron chi connectivity index (χ1n) is 9.40. The van der Waals surface area contributed by atoms with E-state index in [1.807, 2.05) is 36.4 Å². The van der Waals surface area contributed by atoms with E-state index < -0.39 is 5.60 Å². The summed E-state index contributed by atoms with van der Waals surface area (Å²) in [7, 11) is 1.55. The lowest BCUT2D eigenvalue weighted by molar-refractivity contribution is -0.138. The number of hydrogen-bond donors (Lipinski definition) is 1. The Kier molecular flexibility index (Phi) is 5.19. The standard InChI is InChI=1S/C21H24N2O5/c1-26-19-9-5-8-18(22-19)21(25)10-16-13-27-14-17(11-21)23(16)20(24)28-12-15-6-3-2-4-7-15/h2-9,16-17,25H,10-14H2,1H3. The third-order valence-electron chi connectivity index (χ3n) is 5.38. The number of methoxy groups -OCH3 is 1. The molecule has 2 aliphatic heterocycles. The number of carbonyl (C=O) groups excluding carboxylic acids is 1. The lowest BCUT2D eigenvalue weighted by atomic mass is 9.79. The maximum absolute atomic E-state index is 12.8. The van der Waals surface area contributed by atoms with Gasteiger partial charge in [0.05, 0.1) is 38.1 Å². The molecule has 0 aliphatic carbocycles. The van der Waals surface area contributed by atoms with E-state index in [2.05, 4.69) is 4.98 Å². The molecule has 7 nitrogen and oxygen atoms in total. The molecule has 2 aliphatic rings. The predicted octanol–water partition coefficient (Wildman–Crippen LogP) is 2.48. The highest BCUT2D eigenvalue weighted by molar-refractivity contribution is 5.69. The predicted molar refractivity (Wildman–Crippen MR) is 101 cm³/mol. The number of hydrogen-bond acceptors (Lipinski definition) is 6. The van der Waals surface area contributed by atoms with E-state index in [0.29, 0.717) is 37.6 Å². The van der Waals surface area contributed by atoms with Gasteiger partial charge in [-0.2, -0.15) is 0 Å². The number of piperidine rings is 1. The molecular weight excluding hydrogens is 360 g/mol. The summed E-state index contributed by atoms with van der Waals surface area (Å²) in [5, 5.41) is 11.3. The monoisotopic (exact) mass is 384 g/mol. The van der Waals surface area contributed by atoms with Crippen LogP contribution >= 0.6 is 0 Å². The van der Waals surface area contributed by atoms with Crippen molar-refractivity contribution < 1.29 is 24.1 Å². The zero-order chi connectivity index (χ0) is 19.6. The number of ether oxygens (including phenoxy) is 3. The Hall–Kier alpha value is -2.64. The van der Waals surface area contributed by atoms with Crippen molar-refractivity contribution in [3.05, 3.63) is 59.8 Å². The molecule has 2 atom stereocenters. The van der Waals surface area contributed by atoms with E-state index in [0.717, 1.165) is 5.56 Å². The Bertz CT molecular complexity index is 815. The molecule has 4 rings (SSSR count). The molecule has 0 saturated carbocycles. The molecule has 0 radical (unpaired) electrons. The summed E-state index contributed by atoms with van der Waals surface area (Å²) in [6.45, 7) is 0.949. The smallest absolute Gasteiger partial charge is 0.410 e. The van der Waals surface area contributed by atoms with Crippen LogP contribution in [0.2, 0.25) is 0 Å². The van der Waals surface area contributed by atoms with Crippen molar-refractivity contribution in [1.82, 2.24) is 9.88 Å². The fourth-order valence-electron chi connectivity index (χ4n) is 4.07. The molecule has 0 spiro atoms. The van der Waals surface area contributed by atoms with Crippen molar-refractivity contribution in [2.24, 2.45) is 0 Å². The number of aliphatic hydroxyl groups is 1. The first-order valence-corrected chi connectivity index (χ1v) is 9.40. The minimum atomic E-state index is -1.14. The number of morpholine rings is 1. The van der Waals surface area contributed by atoms with Gasteiger partial charge in [0.15, 0.2) is 0 Å². The molecule has 2 saturated heterocycles. The topological polar surface area (TPSA) is 81.1 Å². The van der Waals surface area contributed by atoms with E-state index in [-0.39, 0.29) is 24.8 Å². The van der Waals surface area contributed by atoms with Crippen LogP contribution in [-0.4, -0.2) is 53.5 Å². The lowest BCUT2D eigenvalue weighted by Gasteiger charge is -2.50. The van der Waals surface area contributed by atoms with Crippen LogP contribution in [-0.2, 0) is 21.7 Å². The van der Waals surface area contributed by atoms with Gasteiger partial charge in [-0.1, -0.05) is 36.4 Å². The third-order valence-corrected chi connectivity index (χ3v) is 5.38. The van der Waals surface area contributed by atoms with Gasteiger partial charge in [0.25, 0.3) is 0 Å². The minimum absolute atomic E-state index is 0.220. The van der Waals surface area contributed by atoms with Crippen LogP contribution in [0.1, 0.15) is 24.1 Å². The molecule has 2 bridgehead atoms. The van der Waals surface area contributed by atoms with Crippen LogP contribution in [0, 0.1) is 0 Å². The van der Waals surface area contributed by atoms with E-state index in [1.54, 1.807) is 24.1 Å². The second kappa shape index (κ2) is 7.77. The van der Waals surface area contributed by atoms with Crippen molar-refractivity contribution >= 4 is 6.09 Å². The van der Waals surface area contributed by atoms with Gasteiger partial charge in [-0.25, -0.2) is 9.78 Å². The SMILES string of the molecule is COc1cccc(C2(O)CC3COCC(C2)N3C(=O)OCc2ccccc2)n1. The molecule has 2 aromatic rings. The Morgan fingerprint density at radius 3 is 2.57 bits per heavy atom. The van der Waals surface area contributed by atoms with Crippen molar-refractivity contribution in [2.45, 2.75) is 37.1 Å². The quantitative estimate of drug-likeness (QED) is 0.872. The second-order valence-electron chi connectivity index (χ2n) is 7.30. The average molecular weight is 384 g/mol. The van der Waals surface area contributed by atoms with Crippen LogP contribution in [0.15, 0.2) is 48.5 Å². The molecule has 1 N–H and O–H groups in total. The third kappa shape index (κ3) is 3.68. The summed E-state index contributed by atoms with van der Waals surface area (Å²) in [6.07, 6.45) is 0.302. The minimum Gasteiger partial charge on any atom is -0.481 e. The van der Waals surface area contributed by atoms with Gasteiger partial charge in [0.2, 0.25) is 5.88 Å². The summed E-state index contributed by atoms with van der Waals surface area (Å²) >= 11 is 0. The summed E-state index contributed by atoms with van der Waals surface area (Å²) in [5.41, 5.74) is 0.358. The number of nitrogens with zero attached hydrogens (tertiary/aromatic N) is 2. The summed E-state index contributed by atoms with van der Waals surface area (Å²) in [4.78, 5) is 18.9. The largest absolute Gasteiger partial charge is 0.481 e. The fraction of sp³-hybridized carbons (Fsp3) is 0.429. The summed E-state index contributed by atoms with van der Waals surface area (Å²) in [6, 6.07) is 14.4. The first kappa shape index (κ1) is 18.7. The molecule has 1 aromatic heterocycles. The van der Waals surface area contributed by atoms with E-state index in [1.165, 1.54) is 0 Å². The Morgan fingerprint density at radius 1 is 1.18 bits per heavy atom. The van der Waals surface area contributed by atoms with Gasteiger partial charge in [-0.15, -0.1) is 0 Å². The van der Waals surface area contributed by atoms with Gasteiger partial charge < -0.3 is 19.3 Å². The maximum Gasteiger partial charge on any atom is 0.410 e. The summed E-state index contributed by atoms with van der Waals surface area (Å²) < 4.78 is 16.4. The van der Waals surface area contributed by atoms with Crippen molar-refractivity contribution in [2.75, 3.05) is 20.3 Å². The van der Waals surface area contributed by atoms with Crippen molar-refractivity contribution in [3.63, 3.8) is 0 Å². The molecule has 7 heteroatoms. The number of benzene rings is 1. The first-order chi connectivity index (χ1) is 13.6. The Balaban J connectivity index is 1.49. The van der Waals surface area contributed by atoms with Crippen molar-refractivity contribution in [1.29, 1.82) is 0 Å². The highest BCUT2D eigenvalue weighted by atomic mass is 16.6. The molecule has 1 aromatic carbocycles. The van der Waals surface area contributed by atoms with Crippen molar-refractivity contribution in [3.8, 4) is 5.88 Å². The van der Waals surface area contributed by atoms with E-state index >= 15 is 0 Å². The number of pyridine rings is 1. The molecular formula is C21H24N2O5. The lowest BCUT2D eigenvalue weighted by Crippen LogP contribution is -2.62. The number of rotatable bonds is 4. The zero-order valence-corrected chi connectivity index (χ0v) is 15.8. The van der Waals surface area contributed by atoms with Gasteiger partial charge in [-0.3, -0.25) is 4.90 Å². The average Bonchev–Trinajstić information content (AvgIpc) is 2.72. The molecule has 28 heavy (non-hydrogen) atoms. The van der Waals surface area contributed by atoms with E-state index in [4.69, 9.17) is 14.2 Å². The van der Waals surface area contributed by atoms with Gasteiger partial charge in [0.1, 0.15) is 12.2 Å². The molecule has 1 amide bonds. The Morgan fingerprint density at radius 2 is 1.89 bits per heavy atom. The number of aromatic nitrogens is 1. The fourth-order valence-corrected chi connectivity index (χ4v) is 4.07. The molecule has 2 unspecified atom stereocenters. The number of carbonyl (C=O) groups is 1. The van der Waals surface area contributed by atoms with Gasteiger partial charge in [-0.05, 0) is 11.6 Å². The normalized spacial score (nSPS) is 26.6. The number of amides is 1. The van der Waals surface area contributed by atoms with Crippen LogP contribution in [0.25, 0.3) is 0 Å². The number of fused-ring (bicyclic) bond motifs is 2. The highest BCUT2D eigenvalue weighted by Crippen LogP contribution is 2.41.